The number of aromatic nitrogens is 2. The number of nitrogens with zero attached hydrogens (tertiary/aromatic N) is 2. The van der Waals surface area contributed by atoms with E-state index in [0.29, 0.717) is 22.0 Å². The topological polar surface area (TPSA) is 59.2 Å². The molecule has 0 spiro atoms. The summed E-state index contributed by atoms with van der Waals surface area (Å²) in [5.41, 5.74) is 1.13. The Bertz CT molecular complexity index is 680. The number of phenolic OH excluding ortho intramolecular Hbond substituents is 1. The molecule has 0 aliphatic heterocycles. The van der Waals surface area contributed by atoms with Crippen molar-refractivity contribution in [1.29, 1.82) is 0 Å². The lowest BCUT2D eigenvalue weighted by Crippen LogP contribution is -1.84. The number of hydrogen-bond donors (Lipinski definition) is 1. The zero-order chi connectivity index (χ0) is 11.8. The standard InChI is InChI=1S/C12H7ClN2O2/c13-9-1-2-14-10-6-11(16)8(5-7(9)10)12-15-3-4-17-12/h1-6,16H. The Morgan fingerprint density at radius 3 is 2.82 bits per heavy atom. The fourth-order valence-corrected chi connectivity index (χ4v) is 1.88. The van der Waals surface area contributed by atoms with E-state index in [9.17, 15) is 5.11 Å². The lowest BCUT2D eigenvalue weighted by atomic mass is 10.1. The van der Waals surface area contributed by atoms with E-state index in [4.69, 9.17) is 16.0 Å². The molecule has 1 aromatic carbocycles. The van der Waals surface area contributed by atoms with Crippen LogP contribution in [-0.2, 0) is 0 Å². The smallest absolute Gasteiger partial charge is 0.229 e. The van der Waals surface area contributed by atoms with Gasteiger partial charge in [0, 0.05) is 17.6 Å². The van der Waals surface area contributed by atoms with Gasteiger partial charge in [-0.25, -0.2) is 4.98 Å². The van der Waals surface area contributed by atoms with Gasteiger partial charge in [-0.3, -0.25) is 4.98 Å². The minimum absolute atomic E-state index is 0.0646. The zero-order valence-electron chi connectivity index (χ0n) is 8.59. The maximum absolute atomic E-state index is 9.89. The van der Waals surface area contributed by atoms with Crippen LogP contribution in [0.2, 0.25) is 5.02 Å². The highest BCUT2D eigenvalue weighted by molar-refractivity contribution is 6.35. The maximum atomic E-state index is 9.89. The molecule has 0 amide bonds. The Hall–Kier alpha value is -2.07. The number of oxazole rings is 1. The monoisotopic (exact) mass is 246 g/mol. The molecule has 3 aromatic rings. The van der Waals surface area contributed by atoms with Gasteiger partial charge in [-0.1, -0.05) is 11.6 Å². The predicted octanol–water partition coefficient (Wildman–Crippen LogP) is 3.25. The molecule has 0 radical (unpaired) electrons. The molecule has 0 saturated carbocycles. The van der Waals surface area contributed by atoms with E-state index < -0.39 is 0 Å². The molecular weight excluding hydrogens is 240 g/mol. The first kappa shape index (κ1) is 10.1. The van der Waals surface area contributed by atoms with Crippen LogP contribution >= 0.6 is 11.6 Å². The van der Waals surface area contributed by atoms with Crippen LogP contribution in [0.5, 0.6) is 5.75 Å². The second-order valence-electron chi connectivity index (χ2n) is 3.52. The molecule has 17 heavy (non-hydrogen) atoms. The second kappa shape index (κ2) is 3.75. The van der Waals surface area contributed by atoms with Crippen molar-refractivity contribution < 1.29 is 9.52 Å². The van der Waals surface area contributed by atoms with Gasteiger partial charge in [0.1, 0.15) is 12.0 Å². The Balaban J connectivity index is 2.34. The van der Waals surface area contributed by atoms with Crippen LogP contribution in [0.4, 0.5) is 0 Å². The molecule has 0 fully saturated rings. The van der Waals surface area contributed by atoms with Crippen molar-refractivity contribution in [1.82, 2.24) is 9.97 Å². The van der Waals surface area contributed by atoms with Gasteiger partial charge in [-0.2, -0.15) is 0 Å². The van der Waals surface area contributed by atoms with Crippen molar-refractivity contribution in [3.63, 3.8) is 0 Å². The molecule has 0 unspecified atom stereocenters. The summed E-state index contributed by atoms with van der Waals surface area (Å²) in [7, 11) is 0. The molecule has 4 nitrogen and oxygen atoms in total. The number of aromatic hydroxyl groups is 1. The Morgan fingerprint density at radius 1 is 1.18 bits per heavy atom. The van der Waals surface area contributed by atoms with Crippen molar-refractivity contribution in [3.05, 3.63) is 41.9 Å². The van der Waals surface area contributed by atoms with Gasteiger partial charge in [-0.05, 0) is 12.1 Å². The van der Waals surface area contributed by atoms with Gasteiger partial charge in [0.05, 0.1) is 22.3 Å². The van der Waals surface area contributed by atoms with Gasteiger partial charge in [-0.15, -0.1) is 0 Å². The van der Waals surface area contributed by atoms with Crippen LogP contribution < -0.4 is 0 Å². The van der Waals surface area contributed by atoms with Crippen LogP contribution in [0.25, 0.3) is 22.4 Å². The maximum Gasteiger partial charge on any atom is 0.229 e. The van der Waals surface area contributed by atoms with Crippen molar-refractivity contribution in [2.45, 2.75) is 0 Å². The third-order valence-corrected chi connectivity index (χ3v) is 2.80. The van der Waals surface area contributed by atoms with E-state index in [1.165, 1.54) is 12.5 Å². The molecule has 3 rings (SSSR count). The summed E-state index contributed by atoms with van der Waals surface area (Å²) in [4.78, 5) is 8.12. The van der Waals surface area contributed by atoms with Crippen LogP contribution in [0, 0.1) is 0 Å². The van der Waals surface area contributed by atoms with Gasteiger partial charge in [0.2, 0.25) is 5.89 Å². The summed E-state index contributed by atoms with van der Waals surface area (Å²) in [6.45, 7) is 0. The fourth-order valence-electron chi connectivity index (χ4n) is 1.68. The number of rotatable bonds is 1. The molecule has 84 valence electrons. The van der Waals surface area contributed by atoms with Crippen molar-refractivity contribution in [3.8, 4) is 17.2 Å². The van der Waals surface area contributed by atoms with Crippen molar-refractivity contribution in [2.75, 3.05) is 0 Å². The number of phenols is 1. The summed E-state index contributed by atoms with van der Waals surface area (Å²) in [6, 6.07) is 4.95. The summed E-state index contributed by atoms with van der Waals surface area (Å²) in [5, 5.41) is 11.2. The fraction of sp³-hybridized carbons (Fsp3) is 0. The quantitative estimate of drug-likeness (QED) is 0.716. The first-order chi connectivity index (χ1) is 8.25. The van der Waals surface area contributed by atoms with Gasteiger partial charge >= 0.3 is 0 Å². The van der Waals surface area contributed by atoms with Crippen molar-refractivity contribution in [2.24, 2.45) is 0 Å². The summed E-state index contributed by atoms with van der Waals surface area (Å²) >= 11 is 6.07. The van der Waals surface area contributed by atoms with E-state index in [1.54, 1.807) is 24.4 Å². The second-order valence-corrected chi connectivity index (χ2v) is 3.92. The van der Waals surface area contributed by atoms with Crippen LogP contribution in [0.3, 0.4) is 0 Å². The number of halogens is 1. The summed E-state index contributed by atoms with van der Waals surface area (Å²) in [6.07, 6.45) is 4.56. The highest BCUT2D eigenvalue weighted by atomic mass is 35.5. The lowest BCUT2D eigenvalue weighted by Gasteiger charge is -2.04. The molecule has 5 heteroatoms. The molecule has 2 aromatic heterocycles. The highest BCUT2D eigenvalue weighted by Gasteiger charge is 2.12. The molecule has 0 aliphatic carbocycles. The third-order valence-electron chi connectivity index (χ3n) is 2.47. The van der Waals surface area contributed by atoms with E-state index in [2.05, 4.69) is 9.97 Å². The molecule has 1 N–H and O–H groups in total. The average molecular weight is 247 g/mol. The molecular formula is C12H7ClN2O2. The SMILES string of the molecule is Oc1cc2nccc(Cl)c2cc1-c1ncco1. The first-order valence-corrected chi connectivity index (χ1v) is 5.30. The number of fused-ring (bicyclic) bond motifs is 1. The lowest BCUT2D eigenvalue weighted by molar-refractivity contribution is 0.473. The number of hydrogen-bond acceptors (Lipinski definition) is 4. The molecule has 2 heterocycles. The van der Waals surface area contributed by atoms with Crippen LogP contribution in [0.1, 0.15) is 0 Å². The molecule has 0 atom stereocenters. The highest BCUT2D eigenvalue weighted by Crippen LogP contribution is 2.34. The van der Waals surface area contributed by atoms with Gasteiger partial charge < -0.3 is 9.52 Å². The van der Waals surface area contributed by atoms with Crippen LogP contribution in [-0.4, -0.2) is 15.1 Å². The third kappa shape index (κ3) is 1.62. The van der Waals surface area contributed by atoms with Gasteiger partial charge in [0.25, 0.3) is 0 Å². The summed E-state index contributed by atoms with van der Waals surface area (Å²) < 4.78 is 5.15. The van der Waals surface area contributed by atoms with Gasteiger partial charge in [0.15, 0.2) is 0 Å². The largest absolute Gasteiger partial charge is 0.507 e. The normalized spacial score (nSPS) is 10.9. The van der Waals surface area contributed by atoms with E-state index in [-0.39, 0.29) is 5.75 Å². The Labute approximate surface area is 102 Å². The minimum atomic E-state index is 0.0646. The van der Waals surface area contributed by atoms with E-state index in [0.717, 1.165) is 5.39 Å². The van der Waals surface area contributed by atoms with E-state index >= 15 is 0 Å². The van der Waals surface area contributed by atoms with Crippen molar-refractivity contribution >= 4 is 22.5 Å². The molecule has 0 bridgehead atoms. The number of pyridine rings is 1. The minimum Gasteiger partial charge on any atom is -0.507 e. The molecule has 0 saturated heterocycles. The Kier molecular flexibility index (Phi) is 2.23. The summed E-state index contributed by atoms with van der Waals surface area (Å²) in [5.74, 6) is 0.416. The Morgan fingerprint density at radius 2 is 2.06 bits per heavy atom. The number of benzene rings is 1. The average Bonchev–Trinajstić information content (AvgIpc) is 2.82. The molecule has 0 aliphatic rings. The zero-order valence-corrected chi connectivity index (χ0v) is 9.35. The predicted molar refractivity (Wildman–Crippen MR) is 63.9 cm³/mol. The van der Waals surface area contributed by atoms with E-state index in [1.807, 2.05) is 0 Å². The van der Waals surface area contributed by atoms with Crippen LogP contribution in [0.15, 0.2) is 41.3 Å². The first-order valence-electron chi connectivity index (χ1n) is 4.93.